The van der Waals surface area contributed by atoms with Crippen molar-refractivity contribution in [1.29, 1.82) is 0 Å². The van der Waals surface area contributed by atoms with Crippen LogP contribution < -0.4 is 5.32 Å². The van der Waals surface area contributed by atoms with Crippen molar-refractivity contribution in [1.82, 2.24) is 10.2 Å². The second-order valence-corrected chi connectivity index (χ2v) is 5.89. The van der Waals surface area contributed by atoms with Crippen LogP contribution in [0.15, 0.2) is 24.3 Å². The first kappa shape index (κ1) is 13.6. The molecule has 3 rings (SSSR count). The van der Waals surface area contributed by atoms with Crippen molar-refractivity contribution in [2.24, 2.45) is 0 Å². The molecule has 1 unspecified atom stereocenters. The summed E-state index contributed by atoms with van der Waals surface area (Å²) < 4.78 is 13.5. The van der Waals surface area contributed by atoms with Crippen LogP contribution in [0.1, 0.15) is 50.8 Å². The van der Waals surface area contributed by atoms with Crippen LogP contribution in [-0.2, 0) is 4.79 Å². The number of carbonyl (C=O) groups is 1. The van der Waals surface area contributed by atoms with Gasteiger partial charge in [0.25, 0.3) is 0 Å². The third-order valence-corrected chi connectivity index (χ3v) is 4.48. The molecule has 1 aromatic rings. The SMILES string of the molecule is CCCN1C(=O)C2(CCCC2)NC1c1cccc(F)c1. The Balaban J connectivity index is 1.94. The highest BCUT2D eigenvalue weighted by atomic mass is 19.1. The van der Waals surface area contributed by atoms with E-state index in [1.54, 1.807) is 6.07 Å². The predicted octanol–water partition coefficient (Wildman–Crippen LogP) is 2.98. The van der Waals surface area contributed by atoms with Gasteiger partial charge in [-0.05, 0) is 37.0 Å². The maximum Gasteiger partial charge on any atom is 0.244 e. The second kappa shape index (κ2) is 5.17. The molecule has 0 aromatic heterocycles. The molecule has 0 radical (unpaired) electrons. The van der Waals surface area contributed by atoms with Crippen LogP contribution in [-0.4, -0.2) is 22.9 Å². The Hall–Kier alpha value is -1.42. The van der Waals surface area contributed by atoms with Gasteiger partial charge in [-0.1, -0.05) is 31.9 Å². The number of halogens is 1. The van der Waals surface area contributed by atoms with Crippen molar-refractivity contribution in [3.8, 4) is 0 Å². The van der Waals surface area contributed by atoms with Gasteiger partial charge in [-0.25, -0.2) is 4.39 Å². The molecule has 0 bridgehead atoms. The molecule has 1 N–H and O–H groups in total. The van der Waals surface area contributed by atoms with Crippen molar-refractivity contribution in [2.45, 2.75) is 50.7 Å². The van der Waals surface area contributed by atoms with E-state index in [1.807, 2.05) is 11.0 Å². The molecule has 1 saturated heterocycles. The van der Waals surface area contributed by atoms with Crippen LogP contribution >= 0.6 is 0 Å². The average molecular weight is 276 g/mol. The minimum Gasteiger partial charge on any atom is -0.321 e. The third kappa shape index (κ3) is 2.12. The number of nitrogens with one attached hydrogen (secondary N) is 1. The van der Waals surface area contributed by atoms with E-state index in [2.05, 4.69) is 12.2 Å². The van der Waals surface area contributed by atoms with Crippen molar-refractivity contribution >= 4 is 5.91 Å². The summed E-state index contributed by atoms with van der Waals surface area (Å²) in [6.45, 7) is 2.78. The lowest BCUT2D eigenvalue weighted by Crippen LogP contribution is -2.44. The maximum absolute atomic E-state index is 13.5. The zero-order valence-corrected chi connectivity index (χ0v) is 11.9. The van der Waals surface area contributed by atoms with Crippen LogP contribution in [0, 0.1) is 5.82 Å². The van der Waals surface area contributed by atoms with E-state index in [1.165, 1.54) is 12.1 Å². The number of amides is 1. The number of carbonyl (C=O) groups excluding carboxylic acids is 1. The topological polar surface area (TPSA) is 32.3 Å². The Labute approximate surface area is 119 Å². The molecule has 2 aliphatic rings. The highest BCUT2D eigenvalue weighted by Gasteiger charge is 2.52. The van der Waals surface area contributed by atoms with Gasteiger partial charge in [0.15, 0.2) is 0 Å². The van der Waals surface area contributed by atoms with Gasteiger partial charge >= 0.3 is 0 Å². The first-order chi connectivity index (χ1) is 9.66. The Morgan fingerprint density at radius 3 is 2.80 bits per heavy atom. The number of benzene rings is 1. The fourth-order valence-corrected chi connectivity index (χ4v) is 3.54. The lowest BCUT2D eigenvalue weighted by atomic mass is 9.98. The van der Waals surface area contributed by atoms with Crippen LogP contribution in [0.5, 0.6) is 0 Å². The van der Waals surface area contributed by atoms with Gasteiger partial charge in [0, 0.05) is 6.54 Å². The summed E-state index contributed by atoms with van der Waals surface area (Å²) in [7, 11) is 0. The average Bonchev–Trinajstić information content (AvgIpc) is 3.01. The summed E-state index contributed by atoms with van der Waals surface area (Å²) >= 11 is 0. The molecule has 1 aliphatic heterocycles. The van der Waals surface area contributed by atoms with Crippen LogP contribution in [0.2, 0.25) is 0 Å². The van der Waals surface area contributed by atoms with E-state index in [4.69, 9.17) is 0 Å². The lowest BCUT2D eigenvalue weighted by molar-refractivity contribution is -0.133. The van der Waals surface area contributed by atoms with E-state index in [9.17, 15) is 9.18 Å². The minimum atomic E-state index is -0.397. The zero-order chi connectivity index (χ0) is 14.2. The molecular weight excluding hydrogens is 255 g/mol. The normalized spacial score (nSPS) is 24.8. The predicted molar refractivity (Wildman–Crippen MR) is 75.5 cm³/mol. The molecule has 20 heavy (non-hydrogen) atoms. The molecule has 108 valence electrons. The first-order valence-corrected chi connectivity index (χ1v) is 7.50. The van der Waals surface area contributed by atoms with Crippen LogP contribution in [0.25, 0.3) is 0 Å². The highest BCUT2D eigenvalue weighted by molar-refractivity contribution is 5.89. The molecule has 1 atom stereocenters. The quantitative estimate of drug-likeness (QED) is 0.920. The summed E-state index contributed by atoms with van der Waals surface area (Å²) in [5.41, 5.74) is 0.446. The summed E-state index contributed by atoms with van der Waals surface area (Å²) in [4.78, 5) is 14.6. The summed E-state index contributed by atoms with van der Waals surface area (Å²) in [6.07, 6.45) is 4.71. The van der Waals surface area contributed by atoms with E-state index >= 15 is 0 Å². The fraction of sp³-hybridized carbons (Fsp3) is 0.562. The number of rotatable bonds is 3. The monoisotopic (exact) mass is 276 g/mol. The summed E-state index contributed by atoms with van der Waals surface area (Å²) in [6, 6.07) is 6.57. The molecular formula is C16H21FN2O. The number of hydrogen-bond acceptors (Lipinski definition) is 2. The highest BCUT2D eigenvalue weighted by Crippen LogP contribution is 2.40. The van der Waals surface area contributed by atoms with Gasteiger partial charge in [0.05, 0.1) is 5.54 Å². The van der Waals surface area contributed by atoms with Crippen molar-refractivity contribution in [2.75, 3.05) is 6.54 Å². The first-order valence-electron chi connectivity index (χ1n) is 7.50. The second-order valence-electron chi connectivity index (χ2n) is 5.89. The molecule has 1 heterocycles. The summed E-state index contributed by atoms with van der Waals surface area (Å²) in [5.74, 6) is -0.0494. The molecule has 1 amide bonds. The lowest BCUT2D eigenvalue weighted by Gasteiger charge is -2.24. The van der Waals surface area contributed by atoms with E-state index in [0.717, 1.165) is 44.2 Å². The Morgan fingerprint density at radius 1 is 1.40 bits per heavy atom. The minimum absolute atomic E-state index is 0.184. The largest absolute Gasteiger partial charge is 0.321 e. The van der Waals surface area contributed by atoms with Gasteiger partial charge in [-0.2, -0.15) is 0 Å². The van der Waals surface area contributed by atoms with Gasteiger partial charge < -0.3 is 4.90 Å². The molecule has 1 aliphatic carbocycles. The Bertz CT molecular complexity index is 511. The molecule has 4 heteroatoms. The van der Waals surface area contributed by atoms with Gasteiger partial charge in [0.1, 0.15) is 12.0 Å². The van der Waals surface area contributed by atoms with Gasteiger partial charge in [0.2, 0.25) is 5.91 Å². The number of hydrogen-bond donors (Lipinski definition) is 1. The molecule has 3 nitrogen and oxygen atoms in total. The van der Waals surface area contributed by atoms with E-state index < -0.39 is 5.54 Å². The molecule has 2 fully saturated rings. The fourth-order valence-electron chi connectivity index (χ4n) is 3.54. The zero-order valence-electron chi connectivity index (χ0n) is 11.9. The van der Waals surface area contributed by atoms with Crippen molar-refractivity contribution < 1.29 is 9.18 Å². The van der Waals surface area contributed by atoms with Crippen LogP contribution in [0.3, 0.4) is 0 Å². The van der Waals surface area contributed by atoms with Crippen molar-refractivity contribution in [3.63, 3.8) is 0 Å². The molecule has 1 spiro atoms. The Morgan fingerprint density at radius 2 is 2.15 bits per heavy atom. The third-order valence-electron chi connectivity index (χ3n) is 4.48. The van der Waals surface area contributed by atoms with Crippen molar-refractivity contribution in [3.05, 3.63) is 35.6 Å². The van der Waals surface area contributed by atoms with Gasteiger partial charge in [-0.15, -0.1) is 0 Å². The van der Waals surface area contributed by atoms with E-state index in [0.29, 0.717) is 0 Å². The number of nitrogens with zero attached hydrogens (tertiary/aromatic N) is 1. The molecule has 1 aromatic carbocycles. The summed E-state index contributed by atoms with van der Waals surface area (Å²) in [5, 5.41) is 3.50. The Kier molecular flexibility index (Phi) is 3.50. The van der Waals surface area contributed by atoms with Gasteiger partial charge in [-0.3, -0.25) is 10.1 Å². The molecule has 1 saturated carbocycles. The van der Waals surface area contributed by atoms with Crippen LogP contribution in [0.4, 0.5) is 4.39 Å². The smallest absolute Gasteiger partial charge is 0.244 e. The standard InChI is InChI=1S/C16H21FN2O/c1-2-10-19-14(12-6-5-7-13(17)11-12)18-16(15(19)20)8-3-4-9-16/h5-7,11,14,18H,2-4,8-10H2,1H3. The van der Waals surface area contributed by atoms with E-state index in [-0.39, 0.29) is 17.9 Å². The maximum atomic E-state index is 13.5.